The molecular formula is C45H39BrClN3. The lowest BCUT2D eigenvalue weighted by atomic mass is 9.79. The molecule has 0 aliphatic heterocycles. The van der Waals surface area contributed by atoms with Crippen LogP contribution in [0.25, 0.3) is 38.6 Å². The first-order valence-corrected chi connectivity index (χ1v) is 18.0. The van der Waals surface area contributed by atoms with E-state index in [9.17, 15) is 5.26 Å². The highest BCUT2D eigenvalue weighted by Gasteiger charge is 2.23. The fraction of sp³-hybridized carbons (Fsp3) is 0.178. The van der Waals surface area contributed by atoms with Crippen LogP contribution >= 0.6 is 27.5 Å². The number of benzene rings is 6. The third kappa shape index (κ3) is 6.33. The maximum atomic E-state index is 10.6. The molecular weight excluding hydrogens is 698 g/mol. The van der Waals surface area contributed by atoms with Gasteiger partial charge in [-0.2, -0.15) is 5.26 Å². The van der Waals surface area contributed by atoms with Crippen molar-refractivity contribution in [3.63, 3.8) is 0 Å². The number of nitriles is 1. The van der Waals surface area contributed by atoms with Crippen LogP contribution in [-0.4, -0.2) is 4.57 Å². The van der Waals surface area contributed by atoms with Crippen LogP contribution in [0.1, 0.15) is 58.2 Å². The maximum absolute atomic E-state index is 10.6. The molecule has 5 heteroatoms. The van der Waals surface area contributed by atoms with Gasteiger partial charge in [-0.1, -0.05) is 136 Å². The van der Waals surface area contributed by atoms with E-state index >= 15 is 0 Å². The smallest absolute Gasteiger partial charge is 0.101 e. The summed E-state index contributed by atoms with van der Waals surface area (Å²) in [5, 5.41) is 13.5. The summed E-state index contributed by atoms with van der Waals surface area (Å²) in [4.78, 5) is 2.15. The molecule has 7 aromatic rings. The zero-order chi connectivity index (χ0) is 35.4. The summed E-state index contributed by atoms with van der Waals surface area (Å²) in [5.41, 5.74) is 11.1. The molecule has 3 nitrogen and oxygen atoms in total. The molecule has 0 N–H and O–H groups in total. The molecule has 0 unspecified atom stereocenters. The van der Waals surface area contributed by atoms with Crippen LogP contribution in [0.2, 0.25) is 5.02 Å². The monoisotopic (exact) mass is 735 g/mol. The highest BCUT2D eigenvalue weighted by molar-refractivity contribution is 9.10. The molecule has 248 valence electrons. The molecule has 0 saturated carbocycles. The second-order valence-electron chi connectivity index (χ2n) is 15.0. The molecule has 0 atom stereocenters. The Kier molecular flexibility index (Phi) is 8.63. The Labute approximate surface area is 308 Å². The standard InChI is InChI=1S/C45H39BrClN3/c1-44(2,3)32-20-31(21-33(23-32)45(4,5)6)29-12-11-13-36(22-29)49(38-25-34(46)24-35(47)26-38)43-27-37(19-18-30(43)28-48)50-41-16-9-7-14-39(41)40-15-8-10-17-42(40)50/h7-27H,1-6H3. The third-order valence-electron chi connectivity index (χ3n) is 9.39. The maximum Gasteiger partial charge on any atom is 0.101 e. The zero-order valence-electron chi connectivity index (χ0n) is 29.2. The van der Waals surface area contributed by atoms with Gasteiger partial charge in [-0.05, 0) is 93.7 Å². The number of para-hydroxylation sites is 2. The van der Waals surface area contributed by atoms with Crippen LogP contribution < -0.4 is 4.90 Å². The first kappa shape index (κ1) is 33.7. The summed E-state index contributed by atoms with van der Waals surface area (Å²) in [5.74, 6) is 0. The molecule has 50 heavy (non-hydrogen) atoms. The Hall–Kier alpha value is -4.82. The van der Waals surface area contributed by atoms with Crippen molar-refractivity contribution in [1.29, 1.82) is 5.26 Å². The molecule has 0 amide bonds. The van der Waals surface area contributed by atoms with E-state index in [1.807, 2.05) is 30.3 Å². The van der Waals surface area contributed by atoms with Crippen LogP contribution in [0.3, 0.4) is 0 Å². The third-order valence-corrected chi connectivity index (χ3v) is 10.1. The Bertz CT molecular complexity index is 2350. The van der Waals surface area contributed by atoms with E-state index < -0.39 is 0 Å². The molecule has 0 fully saturated rings. The quantitative estimate of drug-likeness (QED) is 0.176. The molecule has 0 aliphatic rings. The first-order valence-electron chi connectivity index (χ1n) is 16.9. The number of hydrogen-bond acceptors (Lipinski definition) is 2. The summed E-state index contributed by atoms with van der Waals surface area (Å²) < 4.78 is 3.13. The lowest BCUT2D eigenvalue weighted by Gasteiger charge is -2.28. The average molecular weight is 737 g/mol. The summed E-state index contributed by atoms with van der Waals surface area (Å²) in [6.07, 6.45) is 0. The highest BCUT2D eigenvalue weighted by Crippen LogP contribution is 2.43. The lowest BCUT2D eigenvalue weighted by Crippen LogP contribution is -2.16. The zero-order valence-corrected chi connectivity index (χ0v) is 31.6. The molecule has 0 saturated heterocycles. The number of fused-ring (bicyclic) bond motifs is 3. The molecule has 1 aromatic heterocycles. The minimum Gasteiger partial charge on any atom is -0.309 e. The average Bonchev–Trinajstić information content (AvgIpc) is 3.41. The van der Waals surface area contributed by atoms with Crippen molar-refractivity contribution in [1.82, 2.24) is 4.57 Å². The summed E-state index contributed by atoms with van der Waals surface area (Å²) in [6, 6.07) is 47.0. The van der Waals surface area contributed by atoms with Crippen molar-refractivity contribution >= 4 is 66.4 Å². The van der Waals surface area contributed by atoms with Gasteiger partial charge in [0.1, 0.15) is 6.07 Å². The summed E-state index contributed by atoms with van der Waals surface area (Å²) >= 11 is 10.4. The van der Waals surface area contributed by atoms with E-state index in [0.717, 1.165) is 49.4 Å². The van der Waals surface area contributed by atoms with E-state index in [-0.39, 0.29) is 10.8 Å². The van der Waals surface area contributed by atoms with E-state index in [1.54, 1.807) is 0 Å². The summed E-state index contributed by atoms with van der Waals surface area (Å²) in [7, 11) is 0. The van der Waals surface area contributed by atoms with Crippen molar-refractivity contribution < 1.29 is 0 Å². The molecule has 0 radical (unpaired) electrons. The van der Waals surface area contributed by atoms with Crippen molar-refractivity contribution in [3.8, 4) is 22.9 Å². The van der Waals surface area contributed by atoms with Crippen molar-refractivity contribution in [2.45, 2.75) is 52.4 Å². The van der Waals surface area contributed by atoms with Crippen molar-refractivity contribution in [2.75, 3.05) is 4.90 Å². The van der Waals surface area contributed by atoms with Crippen LogP contribution in [0.5, 0.6) is 0 Å². The highest BCUT2D eigenvalue weighted by atomic mass is 79.9. The predicted molar refractivity (Wildman–Crippen MR) is 216 cm³/mol. The van der Waals surface area contributed by atoms with Gasteiger partial charge in [0.2, 0.25) is 0 Å². The Morgan fingerprint density at radius 1 is 0.620 bits per heavy atom. The predicted octanol–water partition coefficient (Wildman–Crippen LogP) is 13.8. The van der Waals surface area contributed by atoms with Gasteiger partial charge in [-0.15, -0.1) is 0 Å². The molecule has 0 bridgehead atoms. The van der Waals surface area contributed by atoms with Gasteiger partial charge in [0, 0.05) is 37.3 Å². The van der Waals surface area contributed by atoms with Gasteiger partial charge in [-0.3, -0.25) is 0 Å². The largest absolute Gasteiger partial charge is 0.309 e. The van der Waals surface area contributed by atoms with Crippen LogP contribution in [-0.2, 0) is 10.8 Å². The fourth-order valence-electron chi connectivity index (χ4n) is 6.72. The SMILES string of the molecule is CC(C)(C)c1cc(-c2cccc(N(c3cc(Cl)cc(Br)c3)c3cc(-n4c5ccccc5c5ccccc54)ccc3C#N)c2)cc(C(C)(C)C)c1. The van der Waals surface area contributed by atoms with Crippen molar-refractivity contribution in [3.05, 3.63) is 154 Å². The molecule has 6 aromatic carbocycles. The topological polar surface area (TPSA) is 32.0 Å². The summed E-state index contributed by atoms with van der Waals surface area (Å²) in [6.45, 7) is 13.6. The van der Waals surface area contributed by atoms with Gasteiger partial charge in [-0.25, -0.2) is 0 Å². The Balaban J connectivity index is 1.48. The van der Waals surface area contributed by atoms with Gasteiger partial charge in [0.15, 0.2) is 0 Å². The second-order valence-corrected chi connectivity index (χ2v) is 16.3. The number of rotatable bonds is 5. The lowest BCUT2D eigenvalue weighted by molar-refractivity contribution is 0.569. The Morgan fingerprint density at radius 3 is 1.82 bits per heavy atom. The number of nitrogens with zero attached hydrogens (tertiary/aromatic N) is 3. The normalized spacial score (nSPS) is 12.0. The minimum atomic E-state index is -0.0122. The molecule has 0 spiro atoms. The Morgan fingerprint density at radius 2 is 1.24 bits per heavy atom. The molecule has 0 aliphatic carbocycles. The van der Waals surface area contributed by atoms with Crippen molar-refractivity contribution in [2.24, 2.45) is 0 Å². The number of hydrogen-bond donors (Lipinski definition) is 0. The van der Waals surface area contributed by atoms with Crippen LogP contribution in [0.4, 0.5) is 17.1 Å². The van der Waals surface area contributed by atoms with Gasteiger partial charge < -0.3 is 9.47 Å². The van der Waals surface area contributed by atoms with E-state index in [0.29, 0.717) is 10.6 Å². The number of halogens is 2. The van der Waals surface area contributed by atoms with Gasteiger partial charge >= 0.3 is 0 Å². The van der Waals surface area contributed by atoms with Crippen LogP contribution in [0.15, 0.2) is 132 Å². The first-order chi connectivity index (χ1) is 23.8. The van der Waals surface area contributed by atoms with Crippen LogP contribution in [0, 0.1) is 11.3 Å². The van der Waals surface area contributed by atoms with E-state index in [4.69, 9.17) is 11.6 Å². The minimum absolute atomic E-state index is 0.0122. The van der Waals surface area contributed by atoms with Gasteiger partial charge in [0.25, 0.3) is 0 Å². The molecule has 7 rings (SSSR count). The van der Waals surface area contributed by atoms with Gasteiger partial charge in [0.05, 0.1) is 22.3 Å². The fourth-order valence-corrected chi connectivity index (χ4v) is 7.56. The second kappa shape index (κ2) is 12.8. The number of anilines is 3. The van der Waals surface area contributed by atoms with E-state index in [1.165, 1.54) is 21.9 Å². The van der Waals surface area contributed by atoms with E-state index in [2.05, 4.69) is 170 Å². The number of aromatic nitrogens is 1. The molecule has 1 heterocycles.